The summed E-state index contributed by atoms with van der Waals surface area (Å²) < 4.78 is 10.7. The Kier molecular flexibility index (Phi) is 3.10. The summed E-state index contributed by atoms with van der Waals surface area (Å²) in [4.78, 5) is 11.4. The lowest BCUT2D eigenvalue weighted by molar-refractivity contribution is 0.0566. The molecule has 0 saturated heterocycles. The van der Waals surface area contributed by atoms with Crippen LogP contribution in [0.5, 0.6) is 0 Å². The van der Waals surface area contributed by atoms with Gasteiger partial charge in [0.1, 0.15) is 0 Å². The van der Waals surface area contributed by atoms with Crippen molar-refractivity contribution in [3.05, 3.63) is 46.8 Å². The van der Waals surface area contributed by atoms with E-state index in [1.165, 1.54) is 13.4 Å². The molecule has 2 rings (SSSR count). The second-order valence-corrected chi connectivity index (χ2v) is 4.08. The van der Waals surface area contributed by atoms with Crippen LogP contribution in [-0.2, 0) is 4.74 Å². The summed E-state index contributed by atoms with van der Waals surface area (Å²) in [6.45, 7) is 0. The van der Waals surface area contributed by atoms with E-state index >= 15 is 0 Å². The van der Waals surface area contributed by atoms with Crippen LogP contribution in [0.25, 0.3) is 11.1 Å². The van der Waals surface area contributed by atoms with E-state index in [9.17, 15) is 4.79 Å². The van der Waals surface area contributed by atoms with Crippen LogP contribution in [0.1, 0.15) is 10.6 Å². The van der Waals surface area contributed by atoms with Crippen molar-refractivity contribution in [2.24, 2.45) is 0 Å². The Morgan fingerprint density at radius 3 is 2.88 bits per heavy atom. The first-order valence-electron chi connectivity index (χ1n) is 4.64. The first kappa shape index (κ1) is 11.0. The van der Waals surface area contributed by atoms with Crippen molar-refractivity contribution >= 4 is 21.9 Å². The third kappa shape index (κ3) is 2.02. The van der Waals surface area contributed by atoms with E-state index in [0.717, 1.165) is 15.6 Å². The van der Waals surface area contributed by atoms with E-state index in [4.69, 9.17) is 4.42 Å². The molecule has 0 aliphatic heterocycles. The zero-order valence-corrected chi connectivity index (χ0v) is 10.2. The maximum absolute atomic E-state index is 11.4. The molecule has 0 saturated carbocycles. The average Bonchev–Trinajstić information content (AvgIpc) is 2.77. The number of furan rings is 1. The lowest BCUT2D eigenvalue weighted by Gasteiger charge is -2.01. The molecule has 3 nitrogen and oxygen atoms in total. The zero-order chi connectivity index (χ0) is 11.5. The molecule has 0 amide bonds. The fraction of sp³-hybridized carbons (Fsp3) is 0.0833. The minimum Gasteiger partial charge on any atom is -0.463 e. The number of methoxy groups -OCH3 is 1. The molecule has 0 unspecified atom stereocenters. The van der Waals surface area contributed by atoms with Crippen molar-refractivity contribution in [2.45, 2.75) is 0 Å². The van der Waals surface area contributed by atoms with Crippen LogP contribution in [0.3, 0.4) is 0 Å². The number of hydrogen-bond donors (Lipinski definition) is 0. The molecule has 16 heavy (non-hydrogen) atoms. The van der Waals surface area contributed by atoms with Crippen LogP contribution < -0.4 is 0 Å². The summed E-state index contributed by atoms with van der Waals surface area (Å²) in [7, 11) is 1.33. The molecule has 1 aromatic carbocycles. The molecule has 0 bridgehead atoms. The Morgan fingerprint density at radius 1 is 1.38 bits per heavy atom. The van der Waals surface area contributed by atoms with Gasteiger partial charge in [-0.15, -0.1) is 0 Å². The third-order valence-corrected chi connectivity index (χ3v) is 2.66. The first-order chi connectivity index (χ1) is 7.72. The van der Waals surface area contributed by atoms with Crippen molar-refractivity contribution < 1.29 is 13.9 Å². The van der Waals surface area contributed by atoms with Crippen molar-refractivity contribution in [3.8, 4) is 11.1 Å². The number of carbonyl (C=O) groups excluding carboxylic acids is 1. The molecule has 0 radical (unpaired) electrons. The standard InChI is InChI=1S/C12H9BrO3/c1-15-12(14)11-10(5-6-16-11)8-3-2-4-9(13)7-8/h2-7H,1H3. The molecule has 4 heteroatoms. The minimum atomic E-state index is -0.472. The zero-order valence-electron chi connectivity index (χ0n) is 8.57. The predicted molar refractivity (Wildman–Crippen MR) is 63.2 cm³/mol. The SMILES string of the molecule is COC(=O)c1occc1-c1cccc(Br)c1. The highest BCUT2D eigenvalue weighted by molar-refractivity contribution is 9.10. The second kappa shape index (κ2) is 4.53. The molecule has 0 spiro atoms. The van der Waals surface area contributed by atoms with Gasteiger partial charge in [0.05, 0.1) is 13.4 Å². The van der Waals surface area contributed by atoms with E-state index in [2.05, 4.69) is 20.7 Å². The van der Waals surface area contributed by atoms with E-state index in [0.29, 0.717) is 0 Å². The summed E-state index contributed by atoms with van der Waals surface area (Å²) in [5.74, 6) is -0.249. The molecule has 0 N–H and O–H groups in total. The molecule has 82 valence electrons. The smallest absolute Gasteiger partial charge is 0.374 e. The van der Waals surface area contributed by atoms with E-state index in [1.54, 1.807) is 6.07 Å². The quantitative estimate of drug-likeness (QED) is 0.791. The molecule has 1 heterocycles. The van der Waals surface area contributed by atoms with Crippen LogP contribution in [0, 0.1) is 0 Å². The molecule has 0 fully saturated rings. The molecule has 0 atom stereocenters. The monoisotopic (exact) mass is 280 g/mol. The third-order valence-electron chi connectivity index (χ3n) is 2.17. The average molecular weight is 281 g/mol. The van der Waals surface area contributed by atoms with Gasteiger partial charge in [0.15, 0.2) is 0 Å². The van der Waals surface area contributed by atoms with Crippen molar-refractivity contribution in [1.82, 2.24) is 0 Å². The highest BCUT2D eigenvalue weighted by Crippen LogP contribution is 2.27. The second-order valence-electron chi connectivity index (χ2n) is 3.17. The fourth-order valence-corrected chi connectivity index (χ4v) is 1.84. The van der Waals surface area contributed by atoms with Crippen LogP contribution >= 0.6 is 15.9 Å². The molecule has 0 aliphatic rings. The van der Waals surface area contributed by atoms with Crippen LogP contribution in [0.15, 0.2) is 45.5 Å². The van der Waals surface area contributed by atoms with E-state index in [-0.39, 0.29) is 5.76 Å². The van der Waals surface area contributed by atoms with Gasteiger partial charge in [0, 0.05) is 10.0 Å². The molecule has 0 aliphatic carbocycles. The highest BCUT2D eigenvalue weighted by atomic mass is 79.9. The van der Waals surface area contributed by atoms with Gasteiger partial charge in [-0.25, -0.2) is 4.79 Å². The summed E-state index contributed by atoms with van der Waals surface area (Å²) in [5.41, 5.74) is 1.64. The number of benzene rings is 1. The number of rotatable bonds is 2. The Bertz CT molecular complexity index is 516. The Morgan fingerprint density at radius 2 is 2.19 bits per heavy atom. The lowest BCUT2D eigenvalue weighted by atomic mass is 10.1. The number of carbonyl (C=O) groups is 1. The largest absolute Gasteiger partial charge is 0.463 e. The summed E-state index contributed by atoms with van der Waals surface area (Å²) >= 11 is 3.38. The molecule has 2 aromatic rings. The van der Waals surface area contributed by atoms with Gasteiger partial charge in [-0.1, -0.05) is 28.1 Å². The van der Waals surface area contributed by atoms with Gasteiger partial charge in [-0.2, -0.15) is 0 Å². The Hall–Kier alpha value is -1.55. The van der Waals surface area contributed by atoms with Crippen molar-refractivity contribution in [3.63, 3.8) is 0 Å². The number of ether oxygens (including phenoxy) is 1. The molecular weight excluding hydrogens is 272 g/mol. The fourth-order valence-electron chi connectivity index (χ4n) is 1.44. The summed E-state index contributed by atoms with van der Waals surface area (Å²) in [6, 6.07) is 9.38. The number of esters is 1. The van der Waals surface area contributed by atoms with Crippen LogP contribution in [-0.4, -0.2) is 13.1 Å². The van der Waals surface area contributed by atoms with E-state index in [1.807, 2.05) is 24.3 Å². The maximum Gasteiger partial charge on any atom is 0.374 e. The topological polar surface area (TPSA) is 39.4 Å². The van der Waals surface area contributed by atoms with Gasteiger partial charge in [0.2, 0.25) is 5.76 Å². The predicted octanol–water partition coefficient (Wildman–Crippen LogP) is 3.50. The maximum atomic E-state index is 11.4. The van der Waals surface area contributed by atoms with Gasteiger partial charge in [0.25, 0.3) is 0 Å². The lowest BCUT2D eigenvalue weighted by Crippen LogP contribution is -2.00. The Labute approximate surface area is 101 Å². The van der Waals surface area contributed by atoms with Crippen LogP contribution in [0.2, 0.25) is 0 Å². The summed E-state index contributed by atoms with van der Waals surface area (Å²) in [6.07, 6.45) is 1.47. The van der Waals surface area contributed by atoms with Crippen molar-refractivity contribution in [2.75, 3.05) is 7.11 Å². The van der Waals surface area contributed by atoms with Gasteiger partial charge in [-0.05, 0) is 23.8 Å². The van der Waals surface area contributed by atoms with Gasteiger partial charge in [-0.3, -0.25) is 0 Å². The number of hydrogen-bond acceptors (Lipinski definition) is 3. The highest BCUT2D eigenvalue weighted by Gasteiger charge is 2.16. The van der Waals surface area contributed by atoms with E-state index < -0.39 is 5.97 Å². The van der Waals surface area contributed by atoms with Crippen molar-refractivity contribution in [1.29, 1.82) is 0 Å². The first-order valence-corrected chi connectivity index (χ1v) is 5.43. The Balaban J connectivity index is 2.48. The summed E-state index contributed by atoms with van der Waals surface area (Å²) in [5, 5.41) is 0. The normalized spacial score (nSPS) is 10.1. The van der Waals surface area contributed by atoms with Crippen LogP contribution in [0.4, 0.5) is 0 Å². The minimum absolute atomic E-state index is 0.223. The molecule has 1 aromatic heterocycles. The van der Waals surface area contributed by atoms with Gasteiger partial charge < -0.3 is 9.15 Å². The molecular formula is C12H9BrO3. The number of halogens is 1. The van der Waals surface area contributed by atoms with Gasteiger partial charge >= 0.3 is 5.97 Å².